The molecule has 1 aliphatic heterocycles. The second-order valence-electron chi connectivity index (χ2n) is 7.28. The summed E-state index contributed by atoms with van der Waals surface area (Å²) in [6, 6.07) is 5.79. The van der Waals surface area contributed by atoms with Crippen LogP contribution in [0.3, 0.4) is 0 Å². The lowest BCUT2D eigenvalue weighted by Crippen LogP contribution is -2.43. The first kappa shape index (κ1) is 16.2. The largest absolute Gasteiger partial charge is 0.342 e. The number of rotatable bonds is 4. The quantitative estimate of drug-likeness (QED) is 0.855. The number of likely N-dealkylation sites (tertiary alicyclic amines) is 1. The first-order valence-electron chi connectivity index (χ1n) is 9.24. The lowest BCUT2D eigenvalue weighted by Gasteiger charge is -2.36. The molecule has 2 fully saturated rings. The van der Waals surface area contributed by atoms with Gasteiger partial charge in [-0.25, -0.2) is 4.98 Å². The zero-order valence-corrected chi connectivity index (χ0v) is 14.6. The summed E-state index contributed by atoms with van der Waals surface area (Å²) in [6.45, 7) is 3.67. The first-order chi connectivity index (χ1) is 12.2. The number of hydrogen-bond acceptors (Lipinski definition) is 5. The van der Waals surface area contributed by atoms with Gasteiger partial charge in [-0.1, -0.05) is 17.6 Å². The summed E-state index contributed by atoms with van der Waals surface area (Å²) < 4.78 is 5.42. The molecule has 2 aromatic rings. The molecule has 0 unspecified atom stereocenters. The fourth-order valence-electron chi connectivity index (χ4n) is 3.63. The highest BCUT2D eigenvalue weighted by Crippen LogP contribution is 2.30. The van der Waals surface area contributed by atoms with Gasteiger partial charge in [0.2, 0.25) is 17.6 Å². The number of pyridine rings is 1. The normalized spacial score (nSPS) is 19.0. The van der Waals surface area contributed by atoms with E-state index in [1.165, 1.54) is 6.42 Å². The van der Waals surface area contributed by atoms with E-state index in [0.717, 1.165) is 56.6 Å². The van der Waals surface area contributed by atoms with Crippen molar-refractivity contribution in [2.75, 3.05) is 13.1 Å². The van der Waals surface area contributed by atoms with E-state index in [1.807, 2.05) is 25.1 Å². The number of amides is 1. The highest BCUT2D eigenvalue weighted by molar-refractivity contribution is 5.79. The van der Waals surface area contributed by atoms with Crippen molar-refractivity contribution in [3.05, 3.63) is 29.8 Å². The van der Waals surface area contributed by atoms with Crippen LogP contribution in [0.1, 0.15) is 43.7 Å². The Morgan fingerprint density at radius 1 is 1.20 bits per heavy atom. The van der Waals surface area contributed by atoms with Crippen LogP contribution >= 0.6 is 0 Å². The Hall–Kier alpha value is -2.24. The molecule has 0 atom stereocenters. The fourth-order valence-corrected chi connectivity index (χ4v) is 3.63. The zero-order valence-electron chi connectivity index (χ0n) is 14.6. The van der Waals surface area contributed by atoms with Crippen LogP contribution in [0.15, 0.2) is 22.7 Å². The lowest BCUT2D eigenvalue weighted by molar-refractivity contribution is -0.139. The van der Waals surface area contributed by atoms with Crippen LogP contribution in [0.4, 0.5) is 0 Å². The van der Waals surface area contributed by atoms with Crippen LogP contribution in [0.25, 0.3) is 11.5 Å². The van der Waals surface area contributed by atoms with Crippen LogP contribution in [0.5, 0.6) is 0 Å². The zero-order chi connectivity index (χ0) is 17.2. The smallest absolute Gasteiger partial charge is 0.227 e. The average molecular weight is 340 g/mol. The van der Waals surface area contributed by atoms with E-state index in [-0.39, 0.29) is 0 Å². The predicted octanol–water partition coefficient (Wildman–Crippen LogP) is 3.02. The fraction of sp³-hybridized carbons (Fsp3) is 0.579. The molecule has 4 rings (SSSR count). The summed E-state index contributed by atoms with van der Waals surface area (Å²) in [4.78, 5) is 23.3. The molecular formula is C19H24N4O2. The third kappa shape index (κ3) is 3.57. The molecule has 0 N–H and O–H groups in total. The Bertz CT molecular complexity index is 745. The van der Waals surface area contributed by atoms with Crippen LogP contribution in [0.2, 0.25) is 0 Å². The standard InChI is InChI=1S/C19H24N4O2/c1-13-4-2-7-16(20-13)18-21-17(25-22-18)12-14-8-10-23(11-9-14)19(24)15-5-3-6-15/h2,4,7,14-15H,3,5-6,8-12H2,1H3. The number of hydrogen-bond donors (Lipinski definition) is 0. The third-order valence-corrected chi connectivity index (χ3v) is 5.43. The Morgan fingerprint density at radius 3 is 2.68 bits per heavy atom. The van der Waals surface area contributed by atoms with Crippen molar-refractivity contribution in [2.24, 2.45) is 11.8 Å². The molecule has 0 bridgehead atoms. The minimum Gasteiger partial charge on any atom is -0.342 e. The molecule has 3 heterocycles. The Labute approximate surface area is 147 Å². The van der Waals surface area contributed by atoms with Crippen LogP contribution in [-0.4, -0.2) is 39.0 Å². The van der Waals surface area contributed by atoms with Gasteiger partial charge in [0.05, 0.1) is 0 Å². The van der Waals surface area contributed by atoms with E-state index in [0.29, 0.717) is 29.5 Å². The molecule has 25 heavy (non-hydrogen) atoms. The van der Waals surface area contributed by atoms with Gasteiger partial charge >= 0.3 is 0 Å². The third-order valence-electron chi connectivity index (χ3n) is 5.43. The molecule has 2 aromatic heterocycles. The molecule has 0 aromatic carbocycles. The van der Waals surface area contributed by atoms with Crippen LogP contribution in [0, 0.1) is 18.8 Å². The van der Waals surface area contributed by atoms with Gasteiger partial charge in [0.15, 0.2) is 0 Å². The van der Waals surface area contributed by atoms with Gasteiger partial charge in [0.1, 0.15) is 5.69 Å². The lowest BCUT2D eigenvalue weighted by atomic mass is 9.83. The van der Waals surface area contributed by atoms with Crippen molar-refractivity contribution in [1.29, 1.82) is 0 Å². The summed E-state index contributed by atoms with van der Waals surface area (Å²) in [6.07, 6.45) is 6.18. The van der Waals surface area contributed by atoms with Gasteiger partial charge in [-0.2, -0.15) is 4.98 Å². The Balaban J connectivity index is 1.32. The summed E-state index contributed by atoms with van der Waals surface area (Å²) in [5, 5.41) is 4.06. The molecule has 1 saturated carbocycles. The van der Waals surface area contributed by atoms with E-state index < -0.39 is 0 Å². The van der Waals surface area contributed by atoms with Crippen LogP contribution in [-0.2, 0) is 11.2 Å². The Kier molecular flexibility index (Phi) is 4.51. The van der Waals surface area contributed by atoms with E-state index in [2.05, 4.69) is 20.0 Å². The summed E-state index contributed by atoms with van der Waals surface area (Å²) in [5.41, 5.74) is 1.68. The molecule has 0 radical (unpaired) electrons. The predicted molar refractivity (Wildman–Crippen MR) is 92.6 cm³/mol. The van der Waals surface area contributed by atoms with Crippen molar-refractivity contribution in [3.63, 3.8) is 0 Å². The van der Waals surface area contributed by atoms with Gasteiger partial charge in [-0.3, -0.25) is 4.79 Å². The van der Waals surface area contributed by atoms with Gasteiger partial charge < -0.3 is 9.42 Å². The van der Waals surface area contributed by atoms with Crippen molar-refractivity contribution in [2.45, 2.75) is 45.4 Å². The molecule has 132 valence electrons. The van der Waals surface area contributed by atoms with Gasteiger partial charge in [0, 0.05) is 31.1 Å². The van der Waals surface area contributed by atoms with E-state index >= 15 is 0 Å². The number of aromatic nitrogens is 3. The molecule has 1 aliphatic carbocycles. The maximum atomic E-state index is 12.3. The maximum Gasteiger partial charge on any atom is 0.227 e. The molecule has 2 aliphatic rings. The van der Waals surface area contributed by atoms with Crippen molar-refractivity contribution < 1.29 is 9.32 Å². The van der Waals surface area contributed by atoms with Crippen molar-refractivity contribution >= 4 is 5.91 Å². The summed E-state index contributed by atoms with van der Waals surface area (Å²) in [7, 11) is 0. The molecule has 6 nitrogen and oxygen atoms in total. The molecule has 6 heteroatoms. The minimum atomic E-state index is 0.303. The van der Waals surface area contributed by atoms with Gasteiger partial charge in [-0.15, -0.1) is 0 Å². The monoisotopic (exact) mass is 340 g/mol. The summed E-state index contributed by atoms with van der Waals surface area (Å²) >= 11 is 0. The average Bonchev–Trinajstić information content (AvgIpc) is 3.02. The highest BCUT2D eigenvalue weighted by Gasteiger charge is 2.32. The van der Waals surface area contributed by atoms with E-state index in [9.17, 15) is 4.79 Å². The molecule has 1 saturated heterocycles. The SMILES string of the molecule is Cc1cccc(-c2noc(CC3CCN(C(=O)C4CCC4)CC3)n2)n1. The second kappa shape index (κ2) is 6.94. The first-order valence-corrected chi connectivity index (χ1v) is 9.24. The molecule has 0 spiro atoms. The molecule has 1 amide bonds. The summed E-state index contributed by atoms with van der Waals surface area (Å²) in [5.74, 6) is 2.40. The maximum absolute atomic E-state index is 12.3. The van der Waals surface area contributed by atoms with Crippen molar-refractivity contribution in [3.8, 4) is 11.5 Å². The van der Waals surface area contributed by atoms with Gasteiger partial charge in [0.25, 0.3) is 0 Å². The molecular weight excluding hydrogens is 316 g/mol. The number of carbonyl (C=O) groups excluding carboxylic acids is 1. The van der Waals surface area contributed by atoms with E-state index in [4.69, 9.17) is 4.52 Å². The van der Waals surface area contributed by atoms with E-state index in [1.54, 1.807) is 0 Å². The topological polar surface area (TPSA) is 72.1 Å². The number of carbonyl (C=O) groups is 1. The Morgan fingerprint density at radius 2 is 2.00 bits per heavy atom. The number of nitrogens with zero attached hydrogens (tertiary/aromatic N) is 4. The van der Waals surface area contributed by atoms with Gasteiger partial charge in [-0.05, 0) is 50.7 Å². The second-order valence-corrected chi connectivity index (χ2v) is 7.28. The number of aryl methyl sites for hydroxylation is 1. The van der Waals surface area contributed by atoms with Crippen LogP contribution < -0.4 is 0 Å². The highest BCUT2D eigenvalue weighted by atomic mass is 16.5. The number of piperidine rings is 1. The minimum absolute atomic E-state index is 0.303. The van der Waals surface area contributed by atoms with Crippen molar-refractivity contribution in [1.82, 2.24) is 20.0 Å².